The molecule has 14 atom stereocenters. The van der Waals surface area contributed by atoms with Gasteiger partial charge in [0.15, 0.2) is 0 Å². The quantitative estimate of drug-likeness (QED) is 0.0703. The van der Waals surface area contributed by atoms with Gasteiger partial charge in [-0.2, -0.15) is 0 Å². The van der Waals surface area contributed by atoms with Crippen molar-refractivity contribution in [1.82, 2.24) is 4.90 Å². The SMILES string of the molecule is CO[C@H]1C[C@@H](C)C/C(C)=C/[C@@H](C/C=C/C(=O)OCCCCO)C(=O)C[C@H](O)[C@@H](C)[C@@H](/C(C)=C/[C@@H]2CC[C@@H](O)[C@H](OC)C2)OC(=O)[C@@H]2CCCCN2C(=O)C(=O)[C@]2(O)O[C@H]1[C@@H](OC)C[C@H]2C. The zero-order valence-electron chi connectivity index (χ0n) is 39.9. The lowest BCUT2D eigenvalue weighted by atomic mass is 9.81. The van der Waals surface area contributed by atoms with Gasteiger partial charge in [0.2, 0.25) is 5.79 Å². The zero-order valence-corrected chi connectivity index (χ0v) is 39.9. The number of amides is 1. The van der Waals surface area contributed by atoms with E-state index < -0.39 is 95.9 Å². The van der Waals surface area contributed by atoms with Crippen LogP contribution < -0.4 is 0 Å². The minimum Gasteiger partial charge on any atom is -0.463 e. The summed E-state index contributed by atoms with van der Waals surface area (Å²) in [6.45, 7) is 9.15. The normalized spacial score (nSPS) is 37.5. The lowest BCUT2D eigenvalue weighted by molar-refractivity contribution is -0.302. The van der Waals surface area contributed by atoms with Crippen LogP contribution in [0.5, 0.6) is 0 Å². The van der Waals surface area contributed by atoms with Crippen LogP contribution in [0.3, 0.4) is 0 Å². The molecule has 65 heavy (non-hydrogen) atoms. The summed E-state index contributed by atoms with van der Waals surface area (Å²) in [5, 5.41) is 43.5. The second-order valence-electron chi connectivity index (χ2n) is 19.0. The number of esters is 2. The number of ether oxygens (including phenoxy) is 6. The molecular formula is C49H77NO15. The van der Waals surface area contributed by atoms with E-state index in [4.69, 9.17) is 33.5 Å². The van der Waals surface area contributed by atoms with E-state index in [1.165, 1.54) is 20.3 Å². The van der Waals surface area contributed by atoms with E-state index in [1.54, 1.807) is 34.0 Å². The number of nitrogens with zero attached hydrogens (tertiary/aromatic N) is 1. The van der Waals surface area contributed by atoms with E-state index in [1.807, 2.05) is 26.0 Å². The molecule has 368 valence electrons. The Morgan fingerprint density at radius 3 is 2.28 bits per heavy atom. The maximum atomic E-state index is 14.4. The van der Waals surface area contributed by atoms with Gasteiger partial charge in [-0.1, -0.05) is 44.6 Å². The van der Waals surface area contributed by atoms with Gasteiger partial charge in [-0.05, 0) is 108 Å². The molecule has 1 amide bonds. The Kier molecular flexibility index (Phi) is 21.4. The molecule has 3 aliphatic heterocycles. The molecule has 0 radical (unpaired) electrons. The van der Waals surface area contributed by atoms with E-state index in [2.05, 4.69) is 0 Å². The van der Waals surface area contributed by atoms with Crippen molar-refractivity contribution in [3.63, 3.8) is 0 Å². The number of rotatable bonds is 12. The number of carbonyl (C=O) groups is 5. The summed E-state index contributed by atoms with van der Waals surface area (Å²) in [6, 6.07) is -1.19. The fraction of sp³-hybridized carbons (Fsp3) is 0.776. The Hall–Kier alpha value is -3.35. The Bertz CT molecular complexity index is 1700. The molecule has 0 aromatic rings. The van der Waals surface area contributed by atoms with E-state index in [9.17, 15) is 39.3 Å². The monoisotopic (exact) mass is 920 g/mol. The van der Waals surface area contributed by atoms with Crippen LogP contribution in [-0.4, -0.2) is 150 Å². The van der Waals surface area contributed by atoms with Crippen LogP contribution in [0.4, 0.5) is 0 Å². The van der Waals surface area contributed by atoms with Gasteiger partial charge < -0.3 is 53.7 Å². The van der Waals surface area contributed by atoms with Gasteiger partial charge in [0.1, 0.15) is 24.0 Å². The predicted molar refractivity (Wildman–Crippen MR) is 239 cm³/mol. The van der Waals surface area contributed by atoms with Crippen LogP contribution >= 0.6 is 0 Å². The van der Waals surface area contributed by atoms with Crippen molar-refractivity contribution in [1.29, 1.82) is 0 Å². The third kappa shape index (κ3) is 14.6. The minimum atomic E-state index is -2.56. The molecule has 3 fully saturated rings. The first-order valence-corrected chi connectivity index (χ1v) is 23.6. The maximum Gasteiger partial charge on any atom is 0.330 e. The molecule has 0 aromatic heterocycles. The molecule has 1 aliphatic carbocycles. The topological polar surface area (TPSA) is 225 Å². The van der Waals surface area contributed by atoms with E-state index in [0.717, 1.165) is 10.5 Å². The van der Waals surface area contributed by atoms with Crippen LogP contribution in [0, 0.1) is 29.6 Å². The second-order valence-corrected chi connectivity index (χ2v) is 19.0. The molecule has 0 unspecified atom stereocenters. The summed E-state index contributed by atoms with van der Waals surface area (Å²) in [6.07, 6.45) is 5.74. The number of methoxy groups -OCH3 is 3. The number of aliphatic hydroxyl groups is 4. The van der Waals surface area contributed by atoms with Crippen LogP contribution in [0.25, 0.3) is 0 Å². The molecule has 2 bridgehead atoms. The highest BCUT2D eigenvalue weighted by Crippen LogP contribution is 2.39. The van der Waals surface area contributed by atoms with Gasteiger partial charge in [0, 0.05) is 64.7 Å². The minimum absolute atomic E-state index is 0.0107. The van der Waals surface area contributed by atoms with Crippen molar-refractivity contribution >= 4 is 29.4 Å². The molecule has 0 spiro atoms. The number of piperidine rings is 1. The summed E-state index contributed by atoms with van der Waals surface area (Å²) >= 11 is 0. The predicted octanol–water partition coefficient (Wildman–Crippen LogP) is 4.32. The van der Waals surface area contributed by atoms with Crippen molar-refractivity contribution in [3.8, 4) is 0 Å². The summed E-state index contributed by atoms with van der Waals surface area (Å²) in [4.78, 5) is 71.0. The average molecular weight is 920 g/mol. The van der Waals surface area contributed by atoms with E-state index in [0.29, 0.717) is 63.4 Å². The number of carbonyl (C=O) groups excluding carboxylic acids is 5. The van der Waals surface area contributed by atoms with Crippen molar-refractivity contribution < 1.29 is 72.8 Å². The molecule has 4 aliphatic rings. The molecule has 16 heteroatoms. The molecular weight excluding hydrogens is 843 g/mol. The average Bonchev–Trinajstić information content (AvgIpc) is 3.28. The molecule has 2 saturated heterocycles. The van der Waals surface area contributed by atoms with Crippen molar-refractivity contribution in [2.24, 2.45) is 29.6 Å². The second kappa shape index (κ2) is 25.7. The number of hydrogen-bond donors (Lipinski definition) is 4. The standard InChI is InChI=1S/C49H77NO15/c1-29-22-30(2)24-41(61-7)45-42(62-8)26-32(4)49(59,65-45)46(56)47(57)50-19-10-9-15-36(50)48(58)64-44(31(3)25-34-17-18-37(52)40(27-34)60-6)33(5)38(53)28-39(54)35(23-29)14-13-16-43(55)63-21-12-11-20-51/h13,16,23,25,30,32-38,40-42,44-45,51-53,59H,9-12,14-15,17-22,24,26-28H2,1-8H3/b16-13+,29-23+,31-25+/t30-,32+,33+,34-,35+,36-,37+,38-,40+,41-,42-,44+,45+,49+/m0/s1. The van der Waals surface area contributed by atoms with Gasteiger partial charge in [0.25, 0.3) is 11.7 Å². The van der Waals surface area contributed by atoms with Gasteiger partial charge in [0.05, 0.1) is 37.1 Å². The summed E-state index contributed by atoms with van der Waals surface area (Å²) in [5.41, 5.74) is 1.45. The molecule has 3 heterocycles. The van der Waals surface area contributed by atoms with Crippen LogP contribution in [0.15, 0.2) is 35.5 Å². The zero-order chi connectivity index (χ0) is 48.0. The summed E-state index contributed by atoms with van der Waals surface area (Å²) in [5.74, 6) is -9.11. The summed E-state index contributed by atoms with van der Waals surface area (Å²) < 4.78 is 35.1. The molecule has 0 aromatic carbocycles. The Balaban J connectivity index is 1.77. The molecule has 16 nitrogen and oxygen atoms in total. The van der Waals surface area contributed by atoms with E-state index >= 15 is 0 Å². The van der Waals surface area contributed by atoms with E-state index in [-0.39, 0.29) is 63.1 Å². The van der Waals surface area contributed by atoms with Gasteiger partial charge in [-0.25, -0.2) is 9.59 Å². The number of allylic oxidation sites excluding steroid dienone is 4. The number of unbranched alkanes of at least 4 members (excludes halogenated alkanes) is 1. The number of Topliss-reactive ketones (excluding diaryl/α,β-unsaturated/α-hetero) is 2. The number of cyclic esters (lactones) is 1. The van der Waals surface area contributed by atoms with Gasteiger partial charge >= 0.3 is 11.9 Å². The van der Waals surface area contributed by atoms with Crippen molar-refractivity contribution in [2.45, 2.75) is 173 Å². The first-order chi connectivity index (χ1) is 30.9. The largest absolute Gasteiger partial charge is 0.463 e. The Morgan fingerprint density at radius 2 is 1.60 bits per heavy atom. The smallest absolute Gasteiger partial charge is 0.330 e. The third-order valence-electron chi connectivity index (χ3n) is 13.9. The number of ketones is 2. The number of fused-ring (bicyclic) bond motifs is 3. The Labute approximate surface area is 385 Å². The van der Waals surface area contributed by atoms with Crippen LogP contribution in [-0.2, 0) is 52.4 Å². The van der Waals surface area contributed by atoms with Crippen LogP contribution in [0.2, 0.25) is 0 Å². The van der Waals surface area contributed by atoms with Crippen LogP contribution in [0.1, 0.15) is 118 Å². The highest BCUT2D eigenvalue weighted by Gasteiger charge is 2.56. The Morgan fingerprint density at radius 1 is 0.908 bits per heavy atom. The lowest BCUT2D eigenvalue weighted by Crippen LogP contribution is -2.64. The highest BCUT2D eigenvalue weighted by molar-refractivity contribution is 6.39. The van der Waals surface area contributed by atoms with Crippen molar-refractivity contribution in [3.05, 3.63) is 35.5 Å². The first kappa shape index (κ1) is 54.3. The lowest BCUT2D eigenvalue weighted by Gasteiger charge is -2.47. The van der Waals surface area contributed by atoms with Crippen molar-refractivity contribution in [2.75, 3.05) is 41.1 Å². The first-order valence-electron chi connectivity index (χ1n) is 23.6. The maximum absolute atomic E-state index is 14.4. The molecule has 4 N–H and O–H groups in total. The van der Waals surface area contributed by atoms with Gasteiger partial charge in [-0.3, -0.25) is 14.4 Å². The molecule has 1 saturated carbocycles. The molecule has 4 rings (SSSR count). The fourth-order valence-corrected chi connectivity index (χ4v) is 9.99. The highest BCUT2D eigenvalue weighted by atomic mass is 16.7. The number of aliphatic hydroxyl groups excluding tert-OH is 3. The fourth-order valence-electron chi connectivity index (χ4n) is 9.99. The third-order valence-corrected chi connectivity index (χ3v) is 13.9. The van der Waals surface area contributed by atoms with Gasteiger partial charge in [-0.15, -0.1) is 0 Å². The summed E-state index contributed by atoms with van der Waals surface area (Å²) in [7, 11) is 4.54. The number of hydrogen-bond acceptors (Lipinski definition) is 15.